The second-order valence-corrected chi connectivity index (χ2v) is 5.68. The van der Waals surface area contributed by atoms with Crippen molar-refractivity contribution in [1.82, 2.24) is 25.5 Å². The third-order valence-corrected chi connectivity index (χ3v) is 3.62. The number of carboxylic acid groups (broad SMARTS) is 1. The van der Waals surface area contributed by atoms with Gasteiger partial charge in [-0.3, -0.25) is 14.7 Å². The van der Waals surface area contributed by atoms with Crippen LogP contribution in [0, 0.1) is 6.92 Å². The van der Waals surface area contributed by atoms with Crippen molar-refractivity contribution in [2.24, 2.45) is 0 Å². The summed E-state index contributed by atoms with van der Waals surface area (Å²) >= 11 is 0. The summed E-state index contributed by atoms with van der Waals surface area (Å²) in [7, 11) is 0. The molecule has 2 heterocycles. The van der Waals surface area contributed by atoms with Gasteiger partial charge in [-0.2, -0.15) is 5.10 Å². The van der Waals surface area contributed by atoms with E-state index in [0.717, 1.165) is 16.5 Å². The molecule has 8 nitrogen and oxygen atoms in total. The summed E-state index contributed by atoms with van der Waals surface area (Å²) in [6.07, 6.45) is -0.241. The molecule has 8 heteroatoms. The Morgan fingerprint density at radius 2 is 2.12 bits per heavy atom. The Balaban J connectivity index is 1.72. The van der Waals surface area contributed by atoms with E-state index in [2.05, 4.69) is 25.5 Å². The number of benzene rings is 1. The van der Waals surface area contributed by atoms with E-state index in [-0.39, 0.29) is 18.2 Å². The number of H-pyrrole nitrogens is 2. The zero-order valence-electron chi connectivity index (χ0n) is 13.3. The highest BCUT2D eigenvalue weighted by Gasteiger charge is 2.17. The van der Waals surface area contributed by atoms with E-state index in [1.807, 2.05) is 25.1 Å². The second-order valence-electron chi connectivity index (χ2n) is 5.68. The van der Waals surface area contributed by atoms with Gasteiger partial charge >= 0.3 is 5.97 Å². The fraction of sp³-hybridized carbons (Fsp3) is 0.250. The smallest absolute Gasteiger partial charge is 0.311 e. The third kappa shape index (κ3) is 3.27. The van der Waals surface area contributed by atoms with E-state index < -0.39 is 12.0 Å². The second kappa shape index (κ2) is 6.15. The Labute approximate surface area is 137 Å². The van der Waals surface area contributed by atoms with E-state index in [1.165, 1.54) is 0 Å². The molecule has 0 spiro atoms. The number of rotatable bonds is 5. The molecule has 0 aliphatic rings. The molecule has 1 atom stereocenters. The van der Waals surface area contributed by atoms with Gasteiger partial charge in [0.1, 0.15) is 17.9 Å². The van der Waals surface area contributed by atoms with E-state index in [9.17, 15) is 9.59 Å². The number of carbonyl (C=O) groups is 2. The van der Waals surface area contributed by atoms with Crippen molar-refractivity contribution in [2.75, 3.05) is 0 Å². The SMILES string of the molecule is Cc1ccc2[nH]c(C(=O)NC(C)c3n[nH]c(CC(=O)O)n3)cc2c1. The third-order valence-electron chi connectivity index (χ3n) is 3.62. The van der Waals surface area contributed by atoms with Gasteiger partial charge in [-0.25, -0.2) is 4.98 Å². The average molecular weight is 327 g/mol. The number of carboxylic acids is 1. The Morgan fingerprint density at radius 1 is 1.33 bits per heavy atom. The zero-order valence-corrected chi connectivity index (χ0v) is 13.3. The molecule has 0 bridgehead atoms. The number of aryl methyl sites for hydroxylation is 1. The highest BCUT2D eigenvalue weighted by atomic mass is 16.4. The lowest BCUT2D eigenvalue weighted by molar-refractivity contribution is -0.136. The number of nitrogens with one attached hydrogen (secondary N) is 3. The quantitative estimate of drug-likeness (QED) is 0.568. The Kier molecular flexibility index (Phi) is 4.03. The van der Waals surface area contributed by atoms with Crippen molar-refractivity contribution in [2.45, 2.75) is 26.3 Å². The molecule has 0 saturated carbocycles. The molecule has 3 rings (SSSR count). The van der Waals surface area contributed by atoms with Crippen LogP contribution in [0.1, 0.15) is 40.7 Å². The maximum absolute atomic E-state index is 12.4. The molecule has 1 aromatic carbocycles. The van der Waals surface area contributed by atoms with Gasteiger partial charge in [0.2, 0.25) is 0 Å². The summed E-state index contributed by atoms with van der Waals surface area (Å²) in [6, 6.07) is 7.24. The first-order valence-electron chi connectivity index (χ1n) is 7.45. The lowest BCUT2D eigenvalue weighted by Gasteiger charge is -2.09. The minimum Gasteiger partial charge on any atom is -0.481 e. The number of hydrogen-bond acceptors (Lipinski definition) is 4. The first-order valence-corrected chi connectivity index (χ1v) is 7.45. The molecule has 0 radical (unpaired) electrons. The van der Waals surface area contributed by atoms with Crippen LogP contribution in [0.5, 0.6) is 0 Å². The largest absolute Gasteiger partial charge is 0.481 e. The number of amides is 1. The van der Waals surface area contributed by atoms with Gasteiger partial charge < -0.3 is 15.4 Å². The number of nitrogens with zero attached hydrogens (tertiary/aromatic N) is 2. The summed E-state index contributed by atoms with van der Waals surface area (Å²) in [4.78, 5) is 30.2. The van der Waals surface area contributed by atoms with Crippen LogP contribution in [0.4, 0.5) is 0 Å². The van der Waals surface area contributed by atoms with E-state index in [4.69, 9.17) is 5.11 Å². The van der Waals surface area contributed by atoms with Gasteiger partial charge in [0.25, 0.3) is 5.91 Å². The van der Waals surface area contributed by atoms with Crippen LogP contribution in [0.2, 0.25) is 0 Å². The van der Waals surface area contributed by atoms with Gasteiger partial charge in [0.05, 0.1) is 6.04 Å². The van der Waals surface area contributed by atoms with Gasteiger partial charge in [-0.15, -0.1) is 0 Å². The van der Waals surface area contributed by atoms with Gasteiger partial charge in [-0.1, -0.05) is 11.6 Å². The lowest BCUT2D eigenvalue weighted by atomic mass is 10.2. The number of aliphatic carboxylic acids is 1. The molecular weight excluding hydrogens is 310 g/mol. The van der Waals surface area contributed by atoms with Crippen molar-refractivity contribution in [1.29, 1.82) is 0 Å². The normalized spacial score (nSPS) is 12.2. The predicted molar refractivity (Wildman–Crippen MR) is 86.6 cm³/mol. The summed E-state index contributed by atoms with van der Waals surface area (Å²) < 4.78 is 0. The molecule has 24 heavy (non-hydrogen) atoms. The van der Waals surface area contributed by atoms with Crippen LogP contribution < -0.4 is 5.32 Å². The van der Waals surface area contributed by atoms with Crippen LogP contribution in [0.15, 0.2) is 24.3 Å². The van der Waals surface area contributed by atoms with Crippen molar-refractivity contribution < 1.29 is 14.7 Å². The maximum atomic E-state index is 12.4. The molecule has 1 unspecified atom stereocenters. The molecule has 0 saturated heterocycles. The summed E-state index contributed by atoms with van der Waals surface area (Å²) in [5, 5.41) is 19.0. The molecule has 0 aliphatic heterocycles. The van der Waals surface area contributed by atoms with E-state index >= 15 is 0 Å². The van der Waals surface area contributed by atoms with Crippen LogP contribution in [-0.2, 0) is 11.2 Å². The Hall–Kier alpha value is -3.16. The fourth-order valence-corrected chi connectivity index (χ4v) is 2.44. The first-order chi connectivity index (χ1) is 11.4. The topological polar surface area (TPSA) is 124 Å². The first kappa shape index (κ1) is 15.7. The molecule has 3 aromatic rings. The highest BCUT2D eigenvalue weighted by molar-refractivity contribution is 5.98. The standard InChI is InChI=1S/C16H17N5O3/c1-8-3-4-11-10(5-8)6-12(18-11)16(24)17-9(2)15-19-13(20-21-15)7-14(22)23/h3-6,9,18H,7H2,1-2H3,(H,17,24)(H,22,23)(H,19,20,21). The molecule has 124 valence electrons. The van der Waals surface area contributed by atoms with Crippen molar-refractivity contribution in [3.8, 4) is 0 Å². The predicted octanol–water partition coefficient (Wildman–Crippen LogP) is 1.71. The number of hydrogen-bond donors (Lipinski definition) is 4. The Morgan fingerprint density at radius 3 is 2.88 bits per heavy atom. The number of aromatic amines is 2. The molecule has 0 aliphatic carbocycles. The minimum absolute atomic E-state index is 0.241. The summed E-state index contributed by atoms with van der Waals surface area (Å²) in [5.74, 6) is -0.685. The van der Waals surface area contributed by atoms with E-state index in [1.54, 1.807) is 13.0 Å². The summed E-state index contributed by atoms with van der Waals surface area (Å²) in [5.41, 5.74) is 2.46. The number of aromatic nitrogens is 4. The molecule has 0 fully saturated rings. The van der Waals surface area contributed by atoms with Crippen LogP contribution in [0.25, 0.3) is 10.9 Å². The fourth-order valence-electron chi connectivity index (χ4n) is 2.44. The van der Waals surface area contributed by atoms with Crippen LogP contribution in [-0.4, -0.2) is 37.1 Å². The molecule has 4 N–H and O–H groups in total. The van der Waals surface area contributed by atoms with Crippen molar-refractivity contribution in [3.05, 3.63) is 47.2 Å². The Bertz CT molecular complexity index is 911. The zero-order chi connectivity index (χ0) is 17.3. The van der Waals surface area contributed by atoms with Crippen molar-refractivity contribution >= 4 is 22.8 Å². The average Bonchev–Trinajstić information content (AvgIpc) is 3.12. The lowest BCUT2D eigenvalue weighted by Crippen LogP contribution is -2.27. The molecular formula is C16H17N5O3. The minimum atomic E-state index is -0.997. The monoisotopic (exact) mass is 327 g/mol. The van der Waals surface area contributed by atoms with Gasteiger partial charge in [0, 0.05) is 10.9 Å². The molecule has 1 amide bonds. The van der Waals surface area contributed by atoms with E-state index in [0.29, 0.717) is 11.5 Å². The highest BCUT2D eigenvalue weighted by Crippen LogP contribution is 2.17. The van der Waals surface area contributed by atoms with Gasteiger partial charge in [-0.05, 0) is 32.0 Å². The van der Waals surface area contributed by atoms with Crippen LogP contribution >= 0.6 is 0 Å². The number of fused-ring (bicyclic) bond motifs is 1. The maximum Gasteiger partial charge on any atom is 0.311 e. The van der Waals surface area contributed by atoms with Crippen molar-refractivity contribution in [3.63, 3.8) is 0 Å². The van der Waals surface area contributed by atoms with Gasteiger partial charge in [0.15, 0.2) is 5.82 Å². The molecule has 2 aromatic heterocycles. The van der Waals surface area contributed by atoms with Crippen LogP contribution in [0.3, 0.4) is 0 Å². The number of carbonyl (C=O) groups excluding carboxylic acids is 1. The summed E-state index contributed by atoms with van der Waals surface area (Å²) in [6.45, 7) is 3.73.